The van der Waals surface area contributed by atoms with Crippen molar-refractivity contribution in [1.29, 1.82) is 0 Å². The molecule has 3 aliphatic heterocycles. The molecule has 0 aliphatic carbocycles. The lowest BCUT2D eigenvalue weighted by Crippen LogP contribution is -2.52. The van der Waals surface area contributed by atoms with Gasteiger partial charge in [0, 0.05) is 31.2 Å². The number of amides is 3. The number of rotatable bonds is 5. The van der Waals surface area contributed by atoms with Crippen LogP contribution in [0, 0.1) is 0 Å². The monoisotopic (exact) mass is 507 g/mol. The number of fused-ring (bicyclic) bond motifs is 4. The van der Waals surface area contributed by atoms with Gasteiger partial charge in [0.25, 0.3) is 5.91 Å². The number of carbonyl (C=O) groups is 3. The van der Waals surface area contributed by atoms with E-state index in [0.717, 1.165) is 16.7 Å². The summed E-state index contributed by atoms with van der Waals surface area (Å²) in [7, 11) is 3.18. The maximum atomic E-state index is 14.0. The lowest BCUT2D eigenvalue weighted by Gasteiger charge is -2.45. The topological polar surface area (TPSA) is 97.4 Å². The van der Waals surface area contributed by atoms with Gasteiger partial charge in [-0.1, -0.05) is 18.2 Å². The molecule has 1 saturated heterocycles. The quantitative estimate of drug-likeness (QED) is 0.667. The van der Waals surface area contributed by atoms with Crippen molar-refractivity contribution < 1.29 is 28.6 Å². The summed E-state index contributed by atoms with van der Waals surface area (Å²) in [5, 5.41) is 3.24. The number of benzene rings is 2. The summed E-state index contributed by atoms with van der Waals surface area (Å²) in [4.78, 5) is 43.1. The molecule has 0 aromatic heterocycles. The Balaban J connectivity index is 1.47. The minimum atomic E-state index is -0.575. The van der Waals surface area contributed by atoms with Crippen molar-refractivity contribution in [3.05, 3.63) is 58.7 Å². The summed E-state index contributed by atoms with van der Waals surface area (Å²) < 4.78 is 16.2. The Hall–Kier alpha value is -3.75. The number of methoxy groups -OCH3 is 2. The maximum Gasteiger partial charge on any atom is 0.409 e. The van der Waals surface area contributed by atoms with Crippen LogP contribution in [-0.2, 0) is 16.0 Å². The van der Waals surface area contributed by atoms with E-state index >= 15 is 0 Å². The van der Waals surface area contributed by atoms with Crippen molar-refractivity contribution in [2.45, 2.75) is 44.2 Å². The van der Waals surface area contributed by atoms with Gasteiger partial charge in [-0.15, -0.1) is 0 Å². The average Bonchev–Trinajstić information content (AvgIpc) is 2.92. The first-order chi connectivity index (χ1) is 18.0. The number of piperidine rings is 1. The fourth-order valence-corrected chi connectivity index (χ4v) is 5.85. The fourth-order valence-electron chi connectivity index (χ4n) is 5.85. The van der Waals surface area contributed by atoms with Crippen LogP contribution in [0.1, 0.15) is 58.8 Å². The van der Waals surface area contributed by atoms with Gasteiger partial charge in [-0.25, -0.2) is 4.79 Å². The highest BCUT2D eigenvalue weighted by Gasteiger charge is 2.47. The summed E-state index contributed by atoms with van der Waals surface area (Å²) in [6.07, 6.45) is 1.65. The van der Waals surface area contributed by atoms with Crippen molar-refractivity contribution in [2.75, 3.05) is 40.5 Å². The number of ether oxygens (including phenoxy) is 3. The molecule has 1 N–H and O–H groups in total. The van der Waals surface area contributed by atoms with Crippen LogP contribution in [-0.4, -0.2) is 74.2 Å². The smallest absolute Gasteiger partial charge is 0.409 e. The Bertz CT molecular complexity index is 1210. The molecule has 3 aliphatic rings. The molecule has 3 amide bonds. The van der Waals surface area contributed by atoms with Gasteiger partial charge in [-0.3, -0.25) is 9.59 Å². The molecule has 37 heavy (non-hydrogen) atoms. The first-order valence-corrected chi connectivity index (χ1v) is 12.8. The molecule has 5 rings (SSSR count). The highest BCUT2D eigenvalue weighted by Crippen LogP contribution is 2.48. The number of carbonyl (C=O) groups excluding carboxylic acids is 3. The standard InChI is InChI=1S/C28H33N3O6/c1-4-37-28(34)30-12-10-18(11-13-30)29-26(32)24-19-7-5-6-8-20(19)27(33)31-14-9-17-15-22(35-2)23(36-3)16-21(17)25(24)31/h5-8,15-16,18,24-25H,4,9-14H2,1-3H3,(H,29,32)/t24-,25-/m1/s1. The zero-order valence-corrected chi connectivity index (χ0v) is 21.5. The van der Waals surface area contributed by atoms with E-state index in [-0.39, 0.29) is 23.9 Å². The second-order valence-corrected chi connectivity index (χ2v) is 9.63. The van der Waals surface area contributed by atoms with Gasteiger partial charge in [0.15, 0.2) is 11.5 Å². The van der Waals surface area contributed by atoms with Crippen LogP contribution in [0.15, 0.2) is 36.4 Å². The van der Waals surface area contributed by atoms with Crippen LogP contribution in [0.25, 0.3) is 0 Å². The average molecular weight is 508 g/mol. The van der Waals surface area contributed by atoms with E-state index in [9.17, 15) is 14.4 Å². The van der Waals surface area contributed by atoms with Crippen molar-refractivity contribution in [3.63, 3.8) is 0 Å². The number of likely N-dealkylation sites (tertiary alicyclic amines) is 1. The molecule has 0 unspecified atom stereocenters. The first-order valence-electron chi connectivity index (χ1n) is 12.8. The van der Waals surface area contributed by atoms with Gasteiger partial charge in [-0.2, -0.15) is 0 Å². The Labute approximate surface area is 216 Å². The van der Waals surface area contributed by atoms with Gasteiger partial charge in [-0.05, 0) is 61.1 Å². The van der Waals surface area contributed by atoms with Crippen LogP contribution in [0.3, 0.4) is 0 Å². The molecule has 196 valence electrons. The highest BCUT2D eigenvalue weighted by molar-refractivity contribution is 6.01. The van der Waals surface area contributed by atoms with Crippen LogP contribution in [0.2, 0.25) is 0 Å². The lowest BCUT2D eigenvalue weighted by molar-refractivity contribution is -0.125. The van der Waals surface area contributed by atoms with Crippen molar-refractivity contribution >= 4 is 17.9 Å². The predicted molar refractivity (Wildman–Crippen MR) is 136 cm³/mol. The Morgan fingerprint density at radius 1 is 1.00 bits per heavy atom. The Morgan fingerprint density at radius 3 is 2.41 bits per heavy atom. The predicted octanol–water partition coefficient (Wildman–Crippen LogP) is 3.28. The second kappa shape index (κ2) is 10.3. The van der Waals surface area contributed by atoms with E-state index in [0.29, 0.717) is 62.6 Å². The number of nitrogens with zero attached hydrogens (tertiary/aromatic N) is 2. The second-order valence-electron chi connectivity index (χ2n) is 9.63. The maximum absolute atomic E-state index is 14.0. The zero-order valence-electron chi connectivity index (χ0n) is 21.5. The zero-order chi connectivity index (χ0) is 26.1. The van der Waals surface area contributed by atoms with Crippen molar-refractivity contribution in [3.8, 4) is 11.5 Å². The molecular formula is C28H33N3O6. The van der Waals surface area contributed by atoms with Gasteiger partial charge < -0.3 is 29.3 Å². The van der Waals surface area contributed by atoms with E-state index in [1.807, 2.05) is 35.2 Å². The van der Waals surface area contributed by atoms with E-state index in [4.69, 9.17) is 14.2 Å². The van der Waals surface area contributed by atoms with Crippen LogP contribution in [0.4, 0.5) is 4.79 Å². The van der Waals surface area contributed by atoms with E-state index in [2.05, 4.69) is 5.32 Å². The summed E-state index contributed by atoms with van der Waals surface area (Å²) in [5.74, 6) is 0.445. The minimum absolute atomic E-state index is 0.0622. The molecule has 3 heterocycles. The Kier molecular flexibility index (Phi) is 6.95. The molecule has 1 fully saturated rings. The largest absolute Gasteiger partial charge is 0.493 e. The van der Waals surface area contributed by atoms with Crippen molar-refractivity contribution in [2.24, 2.45) is 0 Å². The summed E-state index contributed by atoms with van der Waals surface area (Å²) in [5.41, 5.74) is 3.26. The van der Waals surface area contributed by atoms with E-state index in [1.165, 1.54) is 0 Å². The number of nitrogens with one attached hydrogen (secondary N) is 1. The lowest BCUT2D eigenvalue weighted by atomic mass is 9.75. The molecule has 0 bridgehead atoms. The molecule has 9 nitrogen and oxygen atoms in total. The summed E-state index contributed by atoms with van der Waals surface area (Å²) >= 11 is 0. The fraction of sp³-hybridized carbons (Fsp3) is 0.464. The molecule has 2 atom stereocenters. The van der Waals surface area contributed by atoms with Crippen LogP contribution >= 0.6 is 0 Å². The van der Waals surface area contributed by atoms with Gasteiger partial charge >= 0.3 is 6.09 Å². The highest BCUT2D eigenvalue weighted by atomic mass is 16.6. The Morgan fingerprint density at radius 2 is 1.70 bits per heavy atom. The van der Waals surface area contributed by atoms with E-state index < -0.39 is 12.0 Å². The van der Waals surface area contributed by atoms with Gasteiger partial charge in [0.1, 0.15) is 0 Å². The van der Waals surface area contributed by atoms with Gasteiger partial charge in [0.2, 0.25) is 5.91 Å². The SMILES string of the molecule is CCOC(=O)N1CCC(NC(=O)[C@@H]2c3ccccc3C(=O)N3CCc4cc(OC)c(OC)cc4[C@H]23)CC1. The third-order valence-electron chi connectivity index (χ3n) is 7.67. The van der Waals surface area contributed by atoms with Crippen molar-refractivity contribution in [1.82, 2.24) is 15.1 Å². The number of hydrogen-bond donors (Lipinski definition) is 1. The molecule has 0 spiro atoms. The van der Waals surface area contributed by atoms with E-state index in [1.54, 1.807) is 32.1 Å². The minimum Gasteiger partial charge on any atom is -0.493 e. The molecule has 2 aromatic carbocycles. The third-order valence-corrected chi connectivity index (χ3v) is 7.67. The summed E-state index contributed by atoms with van der Waals surface area (Å²) in [6.45, 7) is 3.70. The molecular weight excluding hydrogens is 474 g/mol. The van der Waals surface area contributed by atoms with Crippen LogP contribution < -0.4 is 14.8 Å². The molecule has 2 aromatic rings. The van der Waals surface area contributed by atoms with Crippen LogP contribution in [0.5, 0.6) is 11.5 Å². The normalized spacial score (nSPS) is 20.9. The first kappa shape index (κ1) is 24.9. The van der Waals surface area contributed by atoms with Gasteiger partial charge in [0.05, 0.1) is 32.8 Å². The molecule has 9 heteroatoms. The molecule has 0 saturated carbocycles. The number of hydrogen-bond acceptors (Lipinski definition) is 6. The third kappa shape index (κ3) is 4.47. The summed E-state index contributed by atoms with van der Waals surface area (Å²) in [6, 6.07) is 10.7. The molecule has 0 radical (unpaired) electrons.